The third-order valence-corrected chi connectivity index (χ3v) is 6.21. The lowest BCUT2D eigenvalue weighted by molar-refractivity contribution is 0.247. The summed E-state index contributed by atoms with van der Waals surface area (Å²) in [5.74, 6) is 4.64. The highest BCUT2D eigenvalue weighted by molar-refractivity contribution is 5.91. The summed E-state index contributed by atoms with van der Waals surface area (Å²) in [5, 5.41) is 8.73. The molecule has 3 aromatic rings. The first-order valence-corrected chi connectivity index (χ1v) is 10.8. The predicted octanol–water partition coefficient (Wildman–Crippen LogP) is 2.47. The topological polar surface area (TPSA) is 64.2 Å². The standard InChI is InChI=1S/C24H27N7/c1-3-18(4-2)16-29-12-14-30(15-13-29)24-25-22-21-20(27-28-22)10-11-31(23(21)26-24)17-19-8-6-5-7-9-19/h1,4-9,18H,2,10-17H2,(H,25,26,27,28). The van der Waals surface area contributed by atoms with Gasteiger partial charge in [-0.25, -0.2) is 0 Å². The van der Waals surface area contributed by atoms with Crippen molar-refractivity contribution in [3.05, 3.63) is 54.2 Å². The van der Waals surface area contributed by atoms with Crippen LogP contribution in [-0.4, -0.2) is 64.3 Å². The minimum Gasteiger partial charge on any atom is -0.351 e. The van der Waals surface area contributed by atoms with Crippen molar-refractivity contribution >= 4 is 22.8 Å². The summed E-state index contributed by atoms with van der Waals surface area (Å²) in [6.45, 7) is 10.0. The van der Waals surface area contributed by atoms with Crippen molar-refractivity contribution in [1.29, 1.82) is 0 Å². The number of rotatable bonds is 6. The number of anilines is 2. The Balaban J connectivity index is 1.38. The van der Waals surface area contributed by atoms with E-state index < -0.39 is 0 Å². The summed E-state index contributed by atoms with van der Waals surface area (Å²) in [6, 6.07) is 10.5. The van der Waals surface area contributed by atoms with Gasteiger partial charge in [-0.1, -0.05) is 42.3 Å². The first-order valence-electron chi connectivity index (χ1n) is 10.8. The molecular weight excluding hydrogens is 386 g/mol. The van der Waals surface area contributed by atoms with Crippen LogP contribution in [0.4, 0.5) is 11.8 Å². The minimum atomic E-state index is 0.0950. The van der Waals surface area contributed by atoms with Gasteiger partial charge in [0.15, 0.2) is 5.65 Å². The van der Waals surface area contributed by atoms with Crippen molar-refractivity contribution < 1.29 is 0 Å². The van der Waals surface area contributed by atoms with E-state index in [1.54, 1.807) is 0 Å². The molecule has 1 unspecified atom stereocenters. The molecule has 2 aliphatic rings. The van der Waals surface area contributed by atoms with Crippen molar-refractivity contribution in [2.75, 3.05) is 49.1 Å². The van der Waals surface area contributed by atoms with Gasteiger partial charge in [-0.15, -0.1) is 13.0 Å². The third-order valence-electron chi connectivity index (χ3n) is 6.21. The maximum absolute atomic E-state index is 5.59. The maximum Gasteiger partial charge on any atom is 0.229 e. The average Bonchev–Trinajstić information content (AvgIpc) is 3.24. The van der Waals surface area contributed by atoms with Crippen LogP contribution < -0.4 is 9.80 Å². The Bertz CT molecular complexity index is 1110. The number of aromatic amines is 1. The summed E-state index contributed by atoms with van der Waals surface area (Å²) in [6.07, 6.45) is 8.37. The van der Waals surface area contributed by atoms with Crippen LogP contribution in [0.3, 0.4) is 0 Å². The van der Waals surface area contributed by atoms with Gasteiger partial charge in [-0.3, -0.25) is 10.00 Å². The van der Waals surface area contributed by atoms with Gasteiger partial charge in [0.25, 0.3) is 0 Å². The number of H-pyrrole nitrogens is 1. The van der Waals surface area contributed by atoms with Gasteiger partial charge < -0.3 is 9.80 Å². The van der Waals surface area contributed by atoms with E-state index >= 15 is 0 Å². The van der Waals surface area contributed by atoms with Gasteiger partial charge in [0.05, 0.1) is 17.0 Å². The van der Waals surface area contributed by atoms with Crippen molar-refractivity contribution in [2.24, 2.45) is 5.92 Å². The second-order valence-corrected chi connectivity index (χ2v) is 8.20. The second kappa shape index (κ2) is 8.40. The van der Waals surface area contributed by atoms with E-state index in [4.69, 9.17) is 16.4 Å². The average molecular weight is 414 g/mol. The number of hydrogen-bond donors (Lipinski definition) is 1. The lowest BCUT2D eigenvalue weighted by Gasteiger charge is -2.36. The van der Waals surface area contributed by atoms with E-state index in [0.717, 1.165) is 80.7 Å². The van der Waals surface area contributed by atoms with Crippen LogP contribution in [0.15, 0.2) is 43.0 Å². The van der Waals surface area contributed by atoms with Crippen molar-refractivity contribution in [1.82, 2.24) is 25.1 Å². The fourth-order valence-electron chi connectivity index (χ4n) is 4.42. The molecule has 31 heavy (non-hydrogen) atoms. The van der Waals surface area contributed by atoms with Crippen molar-refractivity contribution in [3.63, 3.8) is 0 Å². The zero-order valence-electron chi connectivity index (χ0n) is 17.7. The highest BCUT2D eigenvalue weighted by atomic mass is 15.4. The zero-order valence-corrected chi connectivity index (χ0v) is 17.7. The van der Waals surface area contributed by atoms with Crippen LogP contribution in [0, 0.1) is 18.3 Å². The molecule has 158 valence electrons. The lowest BCUT2D eigenvalue weighted by atomic mass is 10.1. The Hall–Kier alpha value is -3.37. The second-order valence-electron chi connectivity index (χ2n) is 8.20. The van der Waals surface area contributed by atoms with E-state index in [9.17, 15) is 0 Å². The Morgan fingerprint density at radius 3 is 2.68 bits per heavy atom. The molecule has 1 aromatic carbocycles. The van der Waals surface area contributed by atoms with Gasteiger partial charge in [0.1, 0.15) is 5.82 Å². The number of hydrogen-bond acceptors (Lipinski definition) is 6. The molecule has 1 fully saturated rings. The normalized spacial score (nSPS) is 17.5. The number of benzene rings is 1. The molecule has 0 radical (unpaired) electrons. The molecule has 7 heteroatoms. The van der Waals surface area contributed by atoms with Gasteiger partial charge in [0, 0.05) is 52.2 Å². The van der Waals surface area contributed by atoms with E-state index in [2.05, 4.69) is 67.7 Å². The first-order chi connectivity index (χ1) is 15.2. The molecule has 4 heterocycles. The summed E-state index contributed by atoms with van der Waals surface area (Å²) < 4.78 is 0. The van der Waals surface area contributed by atoms with Crippen LogP contribution in [0.1, 0.15) is 11.3 Å². The Morgan fingerprint density at radius 2 is 1.94 bits per heavy atom. The lowest BCUT2D eigenvalue weighted by Crippen LogP contribution is -2.48. The summed E-state index contributed by atoms with van der Waals surface area (Å²) >= 11 is 0. The molecule has 0 bridgehead atoms. The molecule has 2 aromatic heterocycles. The molecule has 0 spiro atoms. The minimum absolute atomic E-state index is 0.0950. The van der Waals surface area contributed by atoms with E-state index in [0.29, 0.717) is 0 Å². The predicted molar refractivity (Wildman–Crippen MR) is 124 cm³/mol. The van der Waals surface area contributed by atoms with Crippen LogP contribution in [0.25, 0.3) is 11.0 Å². The molecule has 0 aliphatic carbocycles. The maximum atomic E-state index is 5.59. The van der Waals surface area contributed by atoms with Gasteiger partial charge in [0.2, 0.25) is 5.95 Å². The van der Waals surface area contributed by atoms with Crippen molar-refractivity contribution in [3.8, 4) is 12.3 Å². The zero-order chi connectivity index (χ0) is 21.2. The number of nitrogens with one attached hydrogen (secondary N) is 1. The number of aromatic nitrogens is 4. The molecule has 0 saturated carbocycles. The van der Waals surface area contributed by atoms with Crippen LogP contribution >= 0.6 is 0 Å². The molecule has 5 rings (SSSR count). The van der Waals surface area contributed by atoms with Crippen LogP contribution in [0.2, 0.25) is 0 Å². The Kier molecular flexibility index (Phi) is 5.31. The molecule has 2 aliphatic heterocycles. The summed E-state index contributed by atoms with van der Waals surface area (Å²) in [5.41, 5.74) is 3.17. The number of nitrogens with zero attached hydrogens (tertiary/aromatic N) is 6. The fraction of sp³-hybridized carbons (Fsp3) is 0.375. The molecule has 1 saturated heterocycles. The fourth-order valence-corrected chi connectivity index (χ4v) is 4.42. The van der Waals surface area contributed by atoms with Gasteiger partial charge in [-0.2, -0.15) is 15.1 Å². The van der Waals surface area contributed by atoms with E-state index in [1.165, 1.54) is 5.56 Å². The van der Waals surface area contributed by atoms with Gasteiger partial charge >= 0.3 is 0 Å². The molecular formula is C24H27N7. The molecule has 0 amide bonds. The third kappa shape index (κ3) is 3.87. The van der Waals surface area contributed by atoms with E-state index in [1.807, 2.05) is 6.08 Å². The smallest absolute Gasteiger partial charge is 0.229 e. The number of piperazine rings is 1. The Labute approximate surface area is 182 Å². The Morgan fingerprint density at radius 1 is 1.13 bits per heavy atom. The van der Waals surface area contributed by atoms with Crippen molar-refractivity contribution in [2.45, 2.75) is 13.0 Å². The summed E-state index contributed by atoms with van der Waals surface area (Å²) in [4.78, 5) is 16.8. The highest BCUT2D eigenvalue weighted by Gasteiger charge is 2.27. The monoisotopic (exact) mass is 413 g/mol. The van der Waals surface area contributed by atoms with Gasteiger partial charge in [-0.05, 0) is 5.56 Å². The summed E-state index contributed by atoms with van der Waals surface area (Å²) in [7, 11) is 0. The quantitative estimate of drug-likeness (QED) is 0.495. The highest BCUT2D eigenvalue weighted by Crippen LogP contribution is 2.33. The largest absolute Gasteiger partial charge is 0.351 e. The molecule has 1 atom stereocenters. The first kappa shape index (κ1) is 19.6. The molecule has 7 nitrogen and oxygen atoms in total. The molecule has 1 N–H and O–H groups in total. The SMILES string of the molecule is C#CC(C=C)CN1CCN(c2nc3c4c([nH]nc4n2)CCN3Cc2ccccc2)CC1. The van der Waals surface area contributed by atoms with Crippen LogP contribution in [-0.2, 0) is 13.0 Å². The van der Waals surface area contributed by atoms with Crippen LogP contribution in [0.5, 0.6) is 0 Å². The number of terminal acetylenes is 1. The van der Waals surface area contributed by atoms with E-state index in [-0.39, 0.29) is 5.92 Å².